The van der Waals surface area contributed by atoms with Crippen molar-refractivity contribution < 1.29 is 13.5 Å². The van der Waals surface area contributed by atoms with E-state index in [1.165, 1.54) is 0 Å². The van der Waals surface area contributed by atoms with E-state index in [0.29, 0.717) is 17.4 Å². The number of hydrogen-bond donors (Lipinski definition) is 2. The van der Waals surface area contributed by atoms with Crippen LogP contribution in [0.3, 0.4) is 0 Å². The first-order valence-electron chi connectivity index (χ1n) is 6.42. The molecule has 0 aliphatic rings. The molecule has 2 rings (SSSR count). The van der Waals surface area contributed by atoms with Crippen LogP contribution in [0.2, 0.25) is 0 Å². The SMILES string of the molecule is O=S(=O)(Nc1ccc(CCO)cc1)c1ccc(CBr)cc1. The first-order valence-corrected chi connectivity index (χ1v) is 9.03. The highest BCUT2D eigenvalue weighted by Gasteiger charge is 2.13. The summed E-state index contributed by atoms with van der Waals surface area (Å²) in [7, 11) is -3.58. The maximum absolute atomic E-state index is 12.2. The summed E-state index contributed by atoms with van der Waals surface area (Å²) >= 11 is 3.32. The molecule has 4 nitrogen and oxygen atoms in total. The topological polar surface area (TPSA) is 66.4 Å². The van der Waals surface area contributed by atoms with Crippen molar-refractivity contribution in [2.45, 2.75) is 16.6 Å². The van der Waals surface area contributed by atoms with Crippen molar-refractivity contribution >= 4 is 31.6 Å². The van der Waals surface area contributed by atoms with Gasteiger partial charge in [0.25, 0.3) is 10.0 Å². The van der Waals surface area contributed by atoms with Crippen molar-refractivity contribution in [3.63, 3.8) is 0 Å². The van der Waals surface area contributed by atoms with E-state index in [4.69, 9.17) is 5.11 Å². The quantitative estimate of drug-likeness (QED) is 0.769. The van der Waals surface area contributed by atoms with Gasteiger partial charge in [-0.25, -0.2) is 8.42 Å². The number of sulfonamides is 1. The molecular formula is C15H16BrNO3S. The van der Waals surface area contributed by atoms with Gasteiger partial charge in [-0.2, -0.15) is 0 Å². The molecule has 0 fully saturated rings. The summed E-state index contributed by atoms with van der Waals surface area (Å²) in [5.41, 5.74) is 2.48. The van der Waals surface area contributed by atoms with Crippen LogP contribution in [0, 0.1) is 0 Å². The van der Waals surface area contributed by atoms with Crippen LogP contribution in [-0.4, -0.2) is 20.1 Å². The number of benzene rings is 2. The molecule has 0 aliphatic carbocycles. The fraction of sp³-hybridized carbons (Fsp3) is 0.200. The Labute approximate surface area is 133 Å². The summed E-state index contributed by atoms with van der Waals surface area (Å²) in [5, 5.41) is 9.54. The Morgan fingerprint density at radius 3 is 2.05 bits per heavy atom. The molecule has 0 radical (unpaired) electrons. The molecule has 0 saturated carbocycles. The van der Waals surface area contributed by atoms with Gasteiger partial charge in [0.1, 0.15) is 0 Å². The summed E-state index contributed by atoms with van der Waals surface area (Å²) in [4.78, 5) is 0.228. The largest absolute Gasteiger partial charge is 0.396 e. The standard InChI is InChI=1S/C15H16BrNO3S/c16-11-13-3-7-15(8-4-13)21(19,20)17-14-5-1-12(2-6-14)9-10-18/h1-8,17-18H,9-11H2. The lowest BCUT2D eigenvalue weighted by Crippen LogP contribution is -2.12. The second-order valence-electron chi connectivity index (χ2n) is 4.55. The number of aliphatic hydroxyl groups excluding tert-OH is 1. The fourth-order valence-electron chi connectivity index (χ4n) is 1.84. The van der Waals surface area contributed by atoms with E-state index in [2.05, 4.69) is 20.7 Å². The number of halogens is 1. The predicted octanol–water partition coefficient (Wildman–Crippen LogP) is 2.92. The number of aliphatic hydroxyl groups is 1. The number of hydrogen-bond acceptors (Lipinski definition) is 3. The van der Waals surface area contributed by atoms with Crippen LogP contribution in [0.15, 0.2) is 53.4 Å². The van der Waals surface area contributed by atoms with Crippen molar-refractivity contribution in [2.75, 3.05) is 11.3 Å². The van der Waals surface area contributed by atoms with Gasteiger partial charge in [-0.05, 0) is 41.8 Å². The van der Waals surface area contributed by atoms with Crippen LogP contribution in [-0.2, 0) is 21.8 Å². The Kier molecular flexibility index (Phi) is 5.39. The summed E-state index contributed by atoms with van der Waals surface area (Å²) in [6.45, 7) is 0.0744. The predicted molar refractivity (Wildman–Crippen MR) is 87.1 cm³/mol. The minimum absolute atomic E-state index is 0.0744. The van der Waals surface area contributed by atoms with Gasteiger partial charge >= 0.3 is 0 Å². The molecule has 0 aliphatic heterocycles. The van der Waals surface area contributed by atoms with E-state index in [9.17, 15) is 8.42 Å². The van der Waals surface area contributed by atoms with Crippen molar-refractivity contribution in [3.05, 3.63) is 59.7 Å². The highest BCUT2D eigenvalue weighted by atomic mass is 79.9. The van der Waals surface area contributed by atoms with Gasteiger partial charge in [0.05, 0.1) is 4.90 Å². The lowest BCUT2D eigenvalue weighted by atomic mass is 10.1. The summed E-state index contributed by atoms with van der Waals surface area (Å²) in [6, 6.07) is 13.7. The second kappa shape index (κ2) is 7.06. The van der Waals surface area contributed by atoms with Crippen LogP contribution in [0.25, 0.3) is 0 Å². The molecule has 21 heavy (non-hydrogen) atoms. The molecule has 0 spiro atoms. The third-order valence-electron chi connectivity index (χ3n) is 2.99. The highest BCUT2D eigenvalue weighted by Crippen LogP contribution is 2.18. The third kappa shape index (κ3) is 4.30. The molecule has 0 bridgehead atoms. The van der Waals surface area contributed by atoms with Crippen LogP contribution < -0.4 is 4.72 Å². The molecule has 0 aromatic heterocycles. The molecule has 0 unspecified atom stereocenters. The van der Waals surface area contributed by atoms with Crippen molar-refractivity contribution in [1.82, 2.24) is 0 Å². The summed E-state index contributed by atoms with van der Waals surface area (Å²) < 4.78 is 27.0. The van der Waals surface area contributed by atoms with Gasteiger partial charge in [0.15, 0.2) is 0 Å². The number of anilines is 1. The van der Waals surface area contributed by atoms with Gasteiger partial charge < -0.3 is 5.11 Å². The smallest absolute Gasteiger partial charge is 0.261 e. The summed E-state index contributed by atoms with van der Waals surface area (Å²) in [6.07, 6.45) is 0.557. The Hall–Kier alpha value is -1.37. The van der Waals surface area contributed by atoms with E-state index in [1.54, 1.807) is 48.5 Å². The van der Waals surface area contributed by atoms with Crippen LogP contribution in [0.1, 0.15) is 11.1 Å². The monoisotopic (exact) mass is 369 g/mol. The molecule has 2 aromatic rings. The number of nitrogens with one attached hydrogen (secondary N) is 1. The van der Waals surface area contributed by atoms with Crippen LogP contribution in [0.5, 0.6) is 0 Å². The molecule has 0 saturated heterocycles. The zero-order valence-corrected chi connectivity index (χ0v) is 13.7. The second-order valence-corrected chi connectivity index (χ2v) is 6.80. The van der Waals surface area contributed by atoms with E-state index >= 15 is 0 Å². The fourth-order valence-corrected chi connectivity index (χ4v) is 3.27. The molecular weight excluding hydrogens is 354 g/mol. The Balaban J connectivity index is 2.16. The van der Waals surface area contributed by atoms with Crippen molar-refractivity contribution in [1.29, 1.82) is 0 Å². The minimum Gasteiger partial charge on any atom is -0.396 e. The van der Waals surface area contributed by atoms with Crippen molar-refractivity contribution in [2.24, 2.45) is 0 Å². The zero-order valence-electron chi connectivity index (χ0n) is 11.3. The Morgan fingerprint density at radius 1 is 0.952 bits per heavy atom. The van der Waals surface area contributed by atoms with E-state index < -0.39 is 10.0 Å². The molecule has 2 N–H and O–H groups in total. The molecule has 6 heteroatoms. The van der Waals surface area contributed by atoms with E-state index in [0.717, 1.165) is 11.1 Å². The first kappa shape index (κ1) is 16.0. The average Bonchev–Trinajstić information content (AvgIpc) is 2.49. The molecule has 2 aromatic carbocycles. The Bertz CT molecular complexity index is 682. The van der Waals surface area contributed by atoms with Crippen LogP contribution >= 0.6 is 15.9 Å². The van der Waals surface area contributed by atoms with Crippen LogP contribution in [0.4, 0.5) is 5.69 Å². The third-order valence-corrected chi connectivity index (χ3v) is 5.04. The van der Waals surface area contributed by atoms with Gasteiger partial charge in [-0.1, -0.05) is 40.2 Å². The van der Waals surface area contributed by atoms with Gasteiger partial charge in [-0.3, -0.25) is 4.72 Å². The Morgan fingerprint density at radius 2 is 1.52 bits per heavy atom. The normalized spacial score (nSPS) is 11.3. The molecule has 112 valence electrons. The van der Waals surface area contributed by atoms with Gasteiger partial charge in [0.2, 0.25) is 0 Å². The molecule has 0 atom stereocenters. The lowest BCUT2D eigenvalue weighted by molar-refractivity contribution is 0.299. The van der Waals surface area contributed by atoms with E-state index in [-0.39, 0.29) is 11.5 Å². The number of alkyl halides is 1. The number of rotatable bonds is 6. The maximum Gasteiger partial charge on any atom is 0.261 e. The van der Waals surface area contributed by atoms with E-state index in [1.807, 2.05) is 0 Å². The van der Waals surface area contributed by atoms with Gasteiger partial charge in [0, 0.05) is 17.6 Å². The zero-order chi connectivity index (χ0) is 15.3. The maximum atomic E-state index is 12.2. The first-order chi connectivity index (χ1) is 10.0. The highest BCUT2D eigenvalue weighted by molar-refractivity contribution is 9.08. The molecule has 0 amide bonds. The summed E-state index contributed by atoms with van der Waals surface area (Å²) in [5.74, 6) is 0. The van der Waals surface area contributed by atoms with Gasteiger partial charge in [-0.15, -0.1) is 0 Å². The molecule has 0 heterocycles. The lowest BCUT2D eigenvalue weighted by Gasteiger charge is -2.09. The minimum atomic E-state index is -3.58. The average molecular weight is 370 g/mol. The van der Waals surface area contributed by atoms with Crippen molar-refractivity contribution in [3.8, 4) is 0 Å².